The number of carbonyl (C=O) groups is 1. The van der Waals surface area contributed by atoms with Crippen molar-refractivity contribution < 1.29 is 14.3 Å². The maximum atomic E-state index is 13.3. The van der Waals surface area contributed by atoms with E-state index in [4.69, 9.17) is 37.7 Å². The van der Waals surface area contributed by atoms with Crippen LogP contribution < -0.4 is 15.6 Å². The molecule has 0 saturated carbocycles. The summed E-state index contributed by atoms with van der Waals surface area (Å²) in [4.78, 5) is 32.9. The van der Waals surface area contributed by atoms with Gasteiger partial charge in [-0.25, -0.2) is 4.98 Å². The Morgan fingerprint density at radius 1 is 1.11 bits per heavy atom. The van der Waals surface area contributed by atoms with E-state index in [0.29, 0.717) is 65.5 Å². The first kappa shape index (κ1) is 25.0. The lowest BCUT2D eigenvalue weighted by atomic mass is 10.0. The predicted molar refractivity (Wildman–Crippen MR) is 136 cm³/mol. The van der Waals surface area contributed by atoms with Gasteiger partial charge < -0.3 is 19.7 Å². The summed E-state index contributed by atoms with van der Waals surface area (Å²) in [7, 11) is 3.21. The number of amides is 1. The van der Waals surface area contributed by atoms with Crippen molar-refractivity contribution in [3.63, 3.8) is 0 Å². The summed E-state index contributed by atoms with van der Waals surface area (Å²) in [6, 6.07) is 12.4. The number of hydrogen-bond acceptors (Lipinski definition) is 6. The molecule has 8 nitrogen and oxygen atoms in total. The van der Waals surface area contributed by atoms with E-state index < -0.39 is 0 Å². The molecule has 1 aliphatic heterocycles. The number of methoxy groups -OCH3 is 2. The van der Waals surface area contributed by atoms with E-state index in [0.717, 1.165) is 11.3 Å². The third-order valence-corrected chi connectivity index (χ3v) is 6.64. The van der Waals surface area contributed by atoms with E-state index >= 15 is 0 Å². The number of rotatable bonds is 8. The van der Waals surface area contributed by atoms with Crippen LogP contribution in [0.2, 0.25) is 10.0 Å². The normalized spacial score (nSPS) is 12.9. The molecule has 3 aromatic rings. The molecule has 10 heteroatoms. The first-order valence-electron chi connectivity index (χ1n) is 11.1. The zero-order valence-electron chi connectivity index (χ0n) is 19.5. The lowest BCUT2D eigenvalue weighted by Gasteiger charge is -2.29. The molecule has 2 aromatic carbocycles. The topological polar surface area (TPSA) is 85.7 Å². The zero-order chi connectivity index (χ0) is 24.9. The monoisotopic (exact) mass is 516 g/mol. The summed E-state index contributed by atoms with van der Waals surface area (Å²) in [6.07, 6.45) is 0.417. The Hall–Kier alpha value is -3.07. The fraction of sp³-hybridized carbons (Fsp3) is 0.320. The molecule has 4 rings (SSSR count). The Balaban J connectivity index is 1.60. The van der Waals surface area contributed by atoms with Gasteiger partial charge in [0.1, 0.15) is 5.75 Å². The van der Waals surface area contributed by atoms with Crippen LogP contribution in [0.5, 0.6) is 5.75 Å². The predicted octanol–water partition coefficient (Wildman–Crippen LogP) is 4.02. The summed E-state index contributed by atoms with van der Waals surface area (Å²) < 4.78 is 12.0. The van der Waals surface area contributed by atoms with Crippen molar-refractivity contribution in [3.8, 4) is 5.75 Å². The quantitative estimate of drug-likeness (QED) is 0.486. The average Bonchev–Trinajstić information content (AvgIpc) is 2.88. The van der Waals surface area contributed by atoms with E-state index in [2.05, 4.69) is 5.32 Å². The lowest BCUT2D eigenvalue weighted by Crippen LogP contribution is -2.41. The summed E-state index contributed by atoms with van der Waals surface area (Å²) in [6.45, 7) is 1.85. The van der Waals surface area contributed by atoms with Gasteiger partial charge in [-0.1, -0.05) is 35.3 Å². The minimum Gasteiger partial charge on any atom is -0.497 e. The van der Waals surface area contributed by atoms with Crippen molar-refractivity contribution in [3.05, 3.63) is 85.2 Å². The van der Waals surface area contributed by atoms with Crippen LogP contribution in [0.25, 0.3) is 0 Å². The molecular formula is C25H26Cl2N4O4. The number of hydrogen-bond donors (Lipinski definition) is 1. The standard InChI is InChI=1S/C25H26Cl2N4O4/c1-34-12-11-31-24(33)19-9-10-30(23(32)17-5-8-20(26)21(27)13-17)15-22(19)29-25(31)28-14-16-3-6-18(35-2)7-4-16/h3-8,13H,9-12,14-15H2,1-2H3,(H,28,29). The van der Waals surface area contributed by atoms with Gasteiger partial charge in [-0.05, 0) is 42.3 Å². The van der Waals surface area contributed by atoms with Gasteiger partial charge in [0, 0.05) is 31.3 Å². The molecule has 1 aliphatic rings. The van der Waals surface area contributed by atoms with Crippen LogP contribution in [-0.4, -0.2) is 47.7 Å². The average molecular weight is 517 g/mol. The Morgan fingerprint density at radius 2 is 1.89 bits per heavy atom. The van der Waals surface area contributed by atoms with Crippen molar-refractivity contribution >= 4 is 35.1 Å². The van der Waals surface area contributed by atoms with Crippen molar-refractivity contribution in [1.29, 1.82) is 0 Å². The second-order valence-corrected chi connectivity index (χ2v) is 8.93. The number of aromatic nitrogens is 2. The molecule has 0 atom stereocenters. The Bertz CT molecular complexity index is 1280. The van der Waals surface area contributed by atoms with Crippen LogP contribution in [-0.2, 0) is 30.8 Å². The third kappa shape index (κ3) is 5.61. The molecule has 1 amide bonds. The molecule has 0 bridgehead atoms. The minimum absolute atomic E-state index is 0.120. The summed E-state index contributed by atoms with van der Waals surface area (Å²) in [5.74, 6) is 1.02. The summed E-state index contributed by atoms with van der Waals surface area (Å²) >= 11 is 12.1. The molecule has 0 saturated heterocycles. The van der Waals surface area contributed by atoms with Crippen molar-refractivity contribution in [2.24, 2.45) is 0 Å². The molecule has 0 spiro atoms. The van der Waals surface area contributed by atoms with Gasteiger partial charge in [-0.15, -0.1) is 0 Å². The second-order valence-electron chi connectivity index (χ2n) is 8.12. The molecule has 0 fully saturated rings. The lowest BCUT2D eigenvalue weighted by molar-refractivity contribution is 0.0731. The summed E-state index contributed by atoms with van der Waals surface area (Å²) in [5, 5.41) is 3.98. The highest BCUT2D eigenvalue weighted by molar-refractivity contribution is 6.42. The summed E-state index contributed by atoms with van der Waals surface area (Å²) in [5.41, 5.74) is 2.53. The molecule has 0 radical (unpaired) electrons. The molecule has 0 aliphatic carbocycles. The van der Waals surface area contributed by atoms with Crippen LogP contribution in [0, 0.1) is 0 Å². The molecule has 184 valence electrons. The Morgan fingerprint density at radius 3 is 2.57 bits per heavy atom. The fourth-order valence-electron chi connectivity index (χ4n) is 3.96. The van der Waals surface area contributed by atoms with Crippen molar-refractivity contribution in [1.82, 2.24) is 14.5 Å². The molecule has 1 N–H and O–H groups in total. The number of nitrogens with one attached hydrogen (secondary N) is 1. The van der Waals surface area contributed by atoms with Crippen molar-refractivity contribution in [2.75, 3.05) is 32.7 Å². The minimum atomic E-state index is -0.188. The van der Waals surface area contributed by atoms with E-state index in [9.17, 15) is 9.59 Å². The van der Waals surface area contributed by atoms with Crippen LogP contribution in [0.15, 0.2) is 47.3 Å². The molecule has 1 aromatic heterocycles. The Kier molecular flexibility index (Phi) is 7.95. The maximum Gasteiger partial charge on any atom is 0.258 e. The van der Waals surface area contributed by atoms with E-state index in [-0.39, 0.29) is 18.0 Å². The van der Waals surface area contributed by atoms with Gasteiger partial charge in [0.15, 0.2) is 0 Å². The number of fused-ring (bicyclic) bond motifs is 1. The number of carbonyl (C=O) groups excluding carboxylic acids is 1. The zero-order valence-corrected chi connectivity index (χ0v) is 21.0. The van der Waals surface area contributed by atoms with Crippen molar-refractivity contribution in [2.45, 2.75) is 26.1 Å². The molecule has 0 unspecified atom stereocenters. The molecule has 35 heavy (non-hydrogen) atoms. The number of benzene rings is 2. The highest BCUT2D eigenvalue weighted by Crippen LogP contribution is 2.25. The molecule has 2 heterocycles. The first-order chi connectivity index (χ1) is 16.9. The number of halogens is 2. The van der Waals surface area contributed by atoms with Gasteiger partial charge in [0.25, 0.3) is 11.5 Å². The van der Waals surface area contributed by atoms with Crippen LogP contribution in [0.4, 0.5) is 5.95 Å². The van der Waals surface area contributed by atoms with E-state index in [1.54, 1.807) is 41.9 Å². The largest absolute Gasteiger partial charge is 0.497 e. The number of nitrogens with zero attached hydrogens (tertiary/aromatic N) is 3. The van der Waals surface area contributed by atoms with Crippen LogP contribution in [0.1, 0.15) is 27.2 Å². The van der Waals surface area contributed by atoms with Gasteiger partial charge in [0.05, 0.1) is 42.5 Å². The highest BCUT2D eigenvalue weighted by Gasteiger charge is 2.27. The number of anilines is 1. The Labute approximate surface area is 213 Å². The second kappa shape index (κ2) is 11.1. The third-order valence-electron chi connectivity index (χ3n) is 5.90. The molecular weight excluding hydrogens is 491 g/mol. The van der Waals surface area contributed by atoms with Gasteiger partial charge in [-0.2, -0.15) is 0 Å². The smallest absolute Gasteiger partial charge is 0.258 e. The maximum absolute atomic E-state index is 13.3. The van der Waals surface area contributed by atoms with E-state index in [1.165, 1.54) is 0 Å². The highest BCUT2D eigenvalue weighted by atomic mass is 35.5. The first-order valence-corrected chi connectivity index (χ1v) is 11.9. The van der Waals surface area contributed by atoms with Crippen LogP contribution in [0.3, 0.4) is 0 Å². The van der Waals surface area contributed by atoms with Crippen LogP contribution >= 0.6 is 23.2 Å². The SMILES string of the molecule is COCCn1c(NCc2ccc(OC)cc2)nc2c(c1=O)CCN(C(=O)c1ccc(Cl)c(Cl)c1)C2. The number of ether oxygens (including phenoxy) is 2. The van der Waals surface area contributed by atoms with E-state index in [1.807, 2.05) is 24.3 Å². The van der Waals surface area contributed by atoms with Gasteiger partial charge in [0.2, 0.25) is 5.95 Å². The fourth-order valence-corrected chi connectivity index (χ4v) is 4.26. The van der Waals surface area contributed by atoms with Gasteiger partial charge >= 0.3 is 0 Å². The van der Waals surface area contributed by atoms with Gasteiger partial charge in [-0.3, -0.25) is 14.2 Å².